The summed E-state index contributed by atoms with van der Waals surface area (Å²) in [7, 11) is 0. The molecule has 0 aliphatic rings. The van der Waals surface area contributed by atoms with E-state index < -0.39 is 0 Å². The summed E-state index contributed by atoms with van der Waals surface area (Å²) >= 11 is 0. The van der Waals surface area contributed by atoms with E-state index in [2.05, 4.69) is 27.7 Å². The quantitative estimate of drug-likeness (QED) is 0.746. The van der Waals surface area contributed by atoms with Gasteiger partial charge < -0.3 is 5.32 Å². The van der Waals surface area contributed by atoms with Gasteiger partial charge in [-0.1, -0.05) is 30.3 Å². The monoisotopic (exact) mass is 282 g/mol. The number of rotatable bonds is 6. The Kier molecular flexibility index (Phi) is 4.07. The van der Waals surface area contributed by atoms with Gasteiger partial charge in [0, 0.05) is 12.7 Å². The molecule has 0 saturated carbocycles. The molecule has 3 rings (SSSR count). The molecule has 0 aliphatic heterocycles. The summed E-state index contributed by atoms with van der Waals surface area (Å²) in [6.45, 7) is 4.36. The molecular formula is C15H18N6. The molecule has 0 amide bonds. The van der Waals surface area contributed by atoms with E-state index in [-0.39, 0.29) is 0 Å². The minimum Gasteiger partial charge on any atom is -0.311 e. The van der Waals surface area contributed by atoms with Crippen molar-refractivity contribution in [1.29, 1.82) is 0 Å². The van der Waals surface area contributed by atoms with E-state index in [4.69, 9.17) is 0 Å². The zero-order chi connectivity index (χ0) is 14.5. The van der Waals surface area contributed by atoms with Crippen LogP contribution in [0, 0.1) is 0 Å². The molecule has 6 nitrogen and oxygen atoms in total. The fourth-order valence-corrected chi connectivity index (χ4v) is 2.09. The second kappa shape index (κ2) is 6.32. The smallest absolute Gasteiger partial charge is 0.0964 e. The highest BCUT2D eigenvalue weighted by Crippen LogP contribution is 2.07. The summed E-state index contributed by atoms with van der Waals surface area (Å²) in [5, 5.41) is 16.0. The van der Waals surface area contributed by atoms with Crippen molar-refractivity contribution < 1.29 is 0 Å². The van der Waals surface area contributed by atoms with E-state index >= 15 is 0 Å². The number of aromatic nitrogens is 5. The highest BCUT2D eigenvalue weighted by atomic mass is 15.4. The van der Waals surface area contributed by atoms with Crippen LogP contribution in [0.3, 0.4) is 0 Å². The SMILES string of the molecule is CCNCc1cn(Cc2ccn(-c3ccccc3)n2)nn1. The number of nitrogens with zero attached hydrogens (tertiary/aromatic N) is 5. The molecule has 2 aromatic heterocycles. The van der Waals surface area contributed by atoms with Crippen molar-refractivity contribution in [3.8, 4) is 5.69 Å². The fourth-order valence-electron chi connectivity index (χ4n) is 2.09. The molecule has 0 radical (unpaired) electrons. The molecule has 0 atom stereocenters. The number of nitrogens with one attached hydrogen (secondary N) is 1. The highest BCUT2D eigenvalue weighted by Gasteiger charge is 2.04. The van der Waals surface area contributed by atoms with E-state index in [0.717, 1.165) is 30.2 Å². The van der Waals surface area contributed by atoms with Crippen LogP contribution >= 0.6 is 0 Å². The molecule has 0 aliphatic carbocycles. The van der Waals surface area contributed by atoms with Crippen LogP contribution < -0.4 is 5.32 Å². The van der Waals surface area contributed by atoms with Gasteiger partial charge in [0.2, 0.25) is 0 Å². The Morgan fingerprint density at radius 3 is 2.76 bits per heavy atom. The third kappa shape index (κ3) is 3.35. The minimum absolute atomic E-state index is 0.624. The average Bonchev–Trinajstić information content (AvgIpc) is 3.16. The summed E-state index contributed by atoms with van der Waals surface area (Å²) in [5.74, 6) is 0. The maximum atomic E-state index is 4.56. The number of hydrogen-bond donors (Lipinski definition) is 1. The second-order valence-corrected chi connectivity index (χ2v) is 4.77. The molecule has 0 saturated heterocycles. The van der Waals surface area contributed by atoms with E-state index in [0.29, 0.717) is 6.54 Å². The summed E-state index contributed by atoms with van der Waals surface area (Å²) in [6.07, 6.45) is 3.91. The van der Waals surface area contributed by atoms with Gasteiger partial charge in [-0.05, 0) is 24.7 Å². The van der Waals surface area contributed by atoms with Crippen molar-refractivity contribution in [2.45, 2.75) is 20.0 Å². The number of para-hydroxylation sites is 1. The largest absolute Gasteiger partial charge is 0.311 e. The first-order valence-electron chi connectivity index (χ1n) is 7.05. The van der Waals surface area contributed by atoms with Crippen molar-refractivity contribution in [3.63, 3.8) is 0 Å². The lowest BCUT2D eigenvalue weighted by atomic mass is 10.3. The molecule has 0 spiro atoms. The van der Waals surface area contributed by atoms with Crippen molar-refractivity contribution in [2.24, 2.45) is 0 Å². The molecule has 0 bridgehead atoms. The Morgan fingerprint density at radius 1 is 1.10 bits per heavy atom. The Labute approximate surface area is 123 Å². The maximum Gasteiger partial charge on any atom is 0.0964 e. The van der Waals surface area contributed by atoms with Crippen molar-refractivity contribution >= 4 is 0 Å². The molecule has 21 heavy (non-hydrogen) atoms. The first-order valence-corrected chi connectivity index (χ1v) is 7.05. The standard InChI is InChI=1S/C15H18N6/c1-2-16-10-14-12-20(19-17-14)11-13-8-9-21(18-13)15-6-4-3-5-7-15/h3-9,12,16H,2,10-11H2,1H3. The molecule has 0 fully saturated rings. The lowest BCUT2D eigenvalue weighted by Crippen LogP contribution is -2.11. The maximum absolute atomic E-state index is 4.56. The van der Waals surface area contributed by atoms with Crippen LogP contribution in [0.2, 0.25) is 0 Å². The second-order valence-electron chi connectivity index (χ2n) is 4.77. The Morgan fingerprint density at radius 2 is 1.95 bits per heavy atom. The molecule has 0 unspecified atom stereocenters. The Balaban J connectivity index is 1.68. The first kappa shape index (κ1) is 13.5. The van der Waals surface area contributed by atoms with Gasteiger partial charge in [0.15, 0.2) is 0 Å². The van der Waals surface area contributed by atoms with Crippen LogP contribution in [-0.4, -0.2) is 31.3 Å². The summed E-state index contributed by atoms with van der Waals surface area (Å²) in [5.41, 5.74) is 2.95. The summed E-state index contributed by atoms with van der Waals surface area (Å²) in [6, 6.07) is 12.1. The third-order valence-electron chi connectivity index (χ3n) is 3.13. The van der Waals surface area contributed by atoms with Crippen LogP contribution in [0.4, 0.5) is 0 Å². The molecule has 1 aromatic carbocycles. The van der Waals surface area contributed by atoms with Crippen molar-refractivity contribution in [1.82, 2.24) is 30.1 Å². The van der Waals surface area contributed by atoms with Crippen LogP contribution in [0.1, 0.15) is 18.3 Å². The predicted octanol–water partition coefficient (Wildman–Crippen LogP) is 1.62. The summed E-state index contributed by atoms with van der Waals surface area (Å²) < 4.78 is 3.68. The Hall–Kier alpha value is -2.47. The predicted molar refractivity (Wildman–Crippen MR) is 80.1 cm³/mol. The van der Waals surface area contributed by atoms with Gasteiger partial charge in [0.1, 0.15) is 0 Å². The molecule has 2 heterocycles. The lowest BCUT2D eigenvalue weighted by Gasteiger charge is -2.00. The molecule has 6 heteroatoms. The van der Waals surface area contributed by atoms with Crippen LogP contribution in [-0.2, 0) is 13.1 Å². The lowest BCUT2D eigenvalue weighted by molar-refractivity contribution is 0.631. The normalized spacial score (nSPS) is 10.9. The molecule has 1 N–H and O–H groups in total. The van der Waals surface area contributed by atoms with E-state index in [1.54, 1.807) is 0 Å². The highest BCUT2D eigenvalue weighted by molar-refractivity contribution is 5.30. The zero-order valence-electron chi connectivity index (χ0n) is 12.0. The number of benzene rings is 1. The van der Waals surface area contributed by atoms with Gasteiger partial charge in [-0.15, -0.1) is 5.10 Å². The number of hydrogen-bond acceptors (Lipinski definition) is 4. The van der Waals surface area contributed by atoms with Gasteiger partial charge in [0.05, 0.1) is 29.8 Å². The summed E-state index contributed by atoms with van der Waals surface area (Å²) in [4.78, 5) is 0. The fraction of sp³-hybridized carbons (Fsp3) is 0.267. The zero-order valence-corrected chi connectivity index (χ0v) is 12.0. The van der Waals surface area contributed by atoms with Crippen LogP contribution in [0.15, 0.2) is 48.8 Å². The molecular weight excluding hydrogens is 264 g/mol. The van der Waals surface area contributed by atoms with E-state index in [9.17, 15) is 0 Å². The van der Waals surface area contributed by atoms with Crippen molar-refractivity contribution in [2.75, 3.05) is 6.54 Å². The van der Waals surface area contributed by atoms with E-state index in [1.165, 1.54) is 0 Å². The minimum atomic E-state index is 0.624. The first-order chi connectivity index (χ1) is 10.3. The average molecular weight is 282 g/mol. The van der Waals surface area contributed by atoms with Gasteiger partial charge in [-0.25, -0.2) is 9.36 Å². The van der Waals surface area contributed by atoms with Crippen LogP contribution in [0.5, 0.6) is 0 Å². The van der Waals surface area contributed by atoms with Crippen molar-refractivity contribution in [3.05, 3.63) is 60.2 Å². The Bertz CT molecular complexity index is 685. The third-order valence-corrected chi connectivity index (χ3v) is 3.13. The van der Waals surface area contributed by atoms with Crippen LogP contribution in [0.25, 0.3) is 5.69 Å². The van der Waals surface area contributed by atoms with Gasteiger partial charge >= 0.3 is 0 Å². The van der Waals surface area contributed by atoms with Gasteiger partial charge in [-0.3, -0.25) is 0 Å². The topological polar surface area (TPSA) is 60.6 Å². The molecule has 108 valence electrons. The van der Waals surface area contributed by atoms with E-state index in [1.807, 2.05) is 58.2 Å². The van der Waals surface area contributed by atoms with Gasteiger partial charge in [-0.2, -0.15) is 5.10 Å². The van der Waals surface area contributed by atoms with Gasteiger partial charge in [0.25, 0.3) is 0 Å². The molecule has 3 aromatic rings.